The third-order valence-corrected chi connectivity index (χ3v) is 3.71. The quantitative estimate of drug-likeness (QED) is 0.852. The van der Waals surface area contributed by atoms with E-state index >= 15 is 0 Å². The SMILES string of the molecule is CC(C)c1ccc(CC(O)Cc2cccc(Cl)c2)cc1. The van der Waals surface area contributed by atoms with Gasteiger partial charge in [0.25, 0.3) is 0 Å². The Bertz CT molecular complexity index is 546. The number of hydrogen-bond donors (Lipinski definition) is 1. The van der Waals surface area contributed by atoms with Crippen LogP contribution in [-0.4, -0.2) is 11.2 Å². The zero-order valence-corrected chi connectivity index (χ0v) is 12.8. The summed E-state index contributed by atoms with van der Waals surface area (Å²) < 4.78 is 0. The molecule has 1 nitrogen and oxygen atoms in total. The highest BCUT2D eigenvalue weighted by molar-refractivity contribution is 6.30. The second-order valence-corrected chi connectivity index (χ2v) is 6.02. The van der Waals surface area contributed by atoms with Gasteiger partial charge in [-0.25, -0.2) is 0 Å². The zero-order valence-electron chi connectivity index (χ0n) is 12.0. The third-order valence-electron chi connectivity index (χ3n) is 3.48. The van der Waals surface area contributed by atoms with Gasteiger partial charge < -0.3 is 5.11 Å². The lowest BCUT2D eigenvalue weighted by Gasteiger charge is -2.12. The summed E-state index contributed by atoms with van der Waals surface area (Å²) in [4.78, 5) is 0. The summed E-state index contributed by atoms with van der Waals surface area (Å²) in [5.41, 5.74) is 3.57. The van der Waals surface area contributed by atoms with Crippen LogP contribution in [0.3, 0.4) is 0 Å². The summed E-state index contributed by atoms with van der Waals surface area (Å²) in [6.45, 7) is 4.37. The molecule has 0 aliphatic rings. The van der Waals surface area contributed by atoms with Crippen molar-refractivity contribution in [2.24, 2.45) is 0 Å². The summed E-state index contributed by atoms with van der Waals surface area (Å²) in [7, 11) is 0. The molecule has 1 atom stereocenters. The molecule has 0 amide bonds. The van der Waals surface area contributed by atoms with E-state index in [1.165, 1.54) is 11.1 Å². The van der Waals surface area contributed by atoms with Crippen molar-refractivity contribution in [1.29, 1.82) is 0 Å². The van der Waals surface area contributed by atoms with Crippen LogP contribution in [-0.2, 0) is 12.8 Å². The van der Waals surface area contributed by atoms with Crippen LogP contribution in [0.2, 0.25) is 5.02 Å². The van der Waals surface area contributed by atoms with Crippen molar-refractivity contribution < 1.29 is 5.11 Å². The van der Waals surface area contributed by atoms with E-state index < -0.39 is 0 Å². The summed E-state index contributed by atoms with van der Waals surface area (Å²) >= 11 is 5.95. The first-order chi connectivity index (χ1) is 9.54. The first-order valence-electron chi connectivity index (χ1n) is 7.06. The Hall–Kier alpha value is -1.31. The number of benzene rings is 2. The summed E-state index contributed by atoms with van der Waals surface area (Å²) in [5.74, 6) is 0.542. The number of rotatable bonds is 5. The standard InChI is InChI=1S/C18H21ClO/c1-13(2)16-8-6-14(7-9-16)11-18(20)12-15-4-3-5-17(19)10-15/h3-10,13,18,20H,11-12H2,1-2H3. The van der Waals surface area contributed by atoms with E-state index in [0.717, 1.165) is 10.6 Å². The lowest BCUT2D eigenvalue weighted by Crippen LogP contribution is -2.13. The molecular formula is C18H21ClO. The van der Waals surface area contributed by atoms with E-state index in [-0.39, 0.29) is 6.10 Å². The molecular weight excluding hydrogens is 268 g/mol. The molecule has 0 spiro atoms. The highest BCUT2D eigenvalue weighted by Crippen LogP contribution is 2.17. The predicted molar refractivity (Wildman–Crippen MR) is 85.4 cm³/mol. The summed E-state index contributed by atoms with van der Waals surface area (Å²) in [5, 5.41) is 10.9. The molecule has 0 aromatic heterocycles. The van der Waals surface area contributed by atoms with E-state index in [9.17, 15) is 5.11 Å². The number of aliphatic hydroxyl groups excluding tert-OH is 1. The Kier molecular flexibility index (Phi) is 5.22. The molecule has 0 radical (unpaired) electrons. The van der Waals surface area contributed by atoms with Gasteiger partial charge in [-0.1, -0.05) is 61.8 Å². The molecule has 106 valence electrons. The maximum atomic E-state index is 10.2. The van der Waals surface area contributed by atoms with Gasteiger partial charge >= 0.3 is 0 Å². The molecule has 1 N–H and O–H groups in total. The lowest BCUT2D eigenvalue weighted by atomic mass is 9.98. The fourth-order valence-corrected chi connectivity index (χ4v) is 2.53. The molecule has 2 heteroatoms. The molecule has 0 bridgehead atoms. The van der Waals surface area contributed by atoms with Crippen molar-refractivity contribution in [1.82, 2.24) is 0 Å². The van der Waals surface area contributed by atoms with E-state index in [0.29, 0.717) is 18.8 Å². The van der Waals surface area contributed by atoms with Crippen molar-refractivity contribution >= 4 is 11.6 Å². The lowest BCUT2D eigenvalue weighted by molar-refractivity contribution is 0.175. The van der Waals surface area contributed by atoms with Gasteiger partial charge in [-0.2, -0.15) is 0 Å². The van der Waals surface area contributed by atoms with Gasteiger partial charge in [0.2, 0.25) is 0 Å². The fraction of sp³-hybridized carbons (Fsp3) is 0.333. The monoisotopic (exact) mass is 288 g/mol. The molecule has 2 aromatic rings. The largest absolute Gasteiger partial charge is 0.392 e. The molecule has 20 heavy (non-hydrogen) atoms. The number of aliphatic hydroxyl groups is 1. The van der Waals surface area contributed by atoms with Crippen LogP contribution in [0.25, 0.3) is 0 Å². The first-order valence-corrected chi connectivity index (χ1v) is 7.43. The molecule has 2 aromatic carbocycles. The highest BCUT2D eigenvalue weighted by Gasteiger charge is 2.08. The van der Waals surface area contributed by atoms with Gasteiger partial charge in [-0.05, 0) is 47.6 Å². The molecule has 2 rings (SSSR count). The Morgan fingerprint density at radius 1 is 0.950 bits per heavy atom. The average Bonchev–Trinajstić information content (AvgIpc) is 2.39. The Morgan fingerprint density at radius 3 is 2.20 bits per heavy atom. The second-order valence-electron chi connectivity index (χ2n) is 5.59. The third kappa shape index (κ3) is 4.36. The molecule has 1 unspecified atom stereocenters. The molecule has 0 saturated heterocycles. The second kappa shape index (κ2) is 6.92. The van der Waals surface area contributed by atoms with Crippen molar-refractivity contribution in [2.45, 2.75) is 38.7 Å². The molecule has 0 heterocycles. The molecule has 0 aliphatic heterocycles. The minimum absolute atomic E-state index is 0.377. The minimum atomic E-state index is -0.377. The van der Waals surface area contributed by atoms with Crippen LogP contribution in [0.4, 0.5) is 0 Å². The van der Waals surface area contributed by atoms with Gasteiger partial charge in [0.05, 0.1) is 6.10 Å². The Morgan fingerprint density at radius 2 is 1.60 bits per heavy atom. The van der Waals surface area contributed by atoms with Crippen molar-refractivity contribution in [3.63, 3.8) is 0 Å². The van der Waals surface area contributed by atoms with Crippen LogP contribution < -0.4 is 0 Å². The van der Waals surface area contributed by atoms with Gasteiger partial charge in [0, 0.05) is 5.02 Å². The molecule has 0 saturated carbocycles. The Balaban J connectivity index is 1.95. The van der Waals surface area contributed by atoms with Crippen molar-refractivity contribution in [2.75, 3.05) is 0 Å². The number of hydrogen-bond acceptors (Lipinski definition) is 1. The van der Waals surface area contributed by atoms with Gasteiger partial charge in [0.1, 0.15) is 0 Å². The van der Waals surface area contributed by atoms with Crippen molar-refractivity contribution in [3.05, 3.63) is 70.2 Å². The van der Waals surface area contributed by atoms with E-state index in [4.69, 9.17) is 11.6 Å². The van der Waals surface area contributed by atoms with Crippen LogP contribution >= 0.6 is 11.6 Å². The topological polar surface area (TPSA) is 20.2 Å². The van der Waals surface area contributed by atoms with Crippen LogP contribution in [0.15, 0.2) is 48.5 Å². The van der Waals surface area contributed by atoms with Crippen molar-refractivity contribution in [3.8, 4) is 0 Å². The number of halogens is 1. The smallest absolute Gasteiger partial charge is 0.0620 e. The van der Waals surface area contributed by atoms with E-state index in [2.05, 4.69) is 38.1 Å². The van der Waals surface area contributed by atoms with E-state index in [1.54, 1.807) is 0 Å². The van der Waals surface area contributed by atoms with Gasteiger partial charge in [-0.3, -0.25) is 0 Å². The normalized spacial score (nSPS) is 12.7. The predicted octanol–water partition coefficient (Wildman–Crippen LogP) is 4.61. The summed E-state index contributed by atoms with van der Waals surface area (Å²) in [6.07, 6.45) is 0.926. The fourth-order valence-electron chi connectivity index (χ4n) is 2.32. The first kappa shape index (κ1) is 15.1. The van der Waals surface area contributed by atoms with Crippen LogP contribution in [0.5, 0.6) is 0 Å². The Labute approximate surface area is 126 Å². The highest BCUT2D eigenvalue weighted by atomic mass is 35.5. The maximum Gasteiger partial charge on any atom is 0.0620 e. The summed E-state index contributed by atoms with van der Waals surface area (Å²) in [6, 6.07) is 16.2. The van der Waals surface area contributed by atoms with Gasteiger partial charge in [-0.15, -0.1) is 0 Å². The minimum Gasteiger partial charge on any atom is -0.392 e. The van der Waals surface area contributed by atoms with Crippen LogP contribution in [0.1, 0.15) is 36.5 Å². The zero-order chi connectivity index (χ0) is 14.5. The van der Waals surface area contributed by atoms with Gasteiger partial charge in [0.15, 0.2) is 0 Å². The average molecular weight is 289 g/mol. The molecule has 0 fully saturated rings. The maximum absolute atomic E-state index is 10.2. The molecule has 0 aliphatic carbocycles. The van der Waals surface area contributed by atoms with Crippen LogP contribution in [0, 0.1) is 0 Å². The van der Waals surface area contributed by atoms with E-state index in [1.807, 2.05) is 24.3 Å².